The maximum atomic E-state index is 13.0. The van der Waals surface area contributed by atoms with Crippen LogP contribution in [0.15, 0.2) is 48.5 Å². The first-order valence-electron chi connectivity index (χ1n) is 9.59. The number of nitro groups is 1. The maximum Gasteiger partial charge on any atom is 0.319 e. The molecule has 3 rings (SSSR count). The Bertz CT molecular complexity index is 915. The van der Waals surface area contributed by atoms with Crippen LogP contribution in [0.5, 0.6) is 0 Å². The second-order valence-electron chi connectivity index (χ2n) is 7.14. The molecule has 0 radical (unpaired) electrons. The van der Waals surface area contributed by atoms with E-state index < -0.39 is 17.0 Å². The number of nitro benzene ring substituents is 1. The van der Waals surface area contributed by atoms with E-state index in [-0.39, 0.29) is 11.6 Å². The molecule has 0 spiro atoms. The SMILES string of the molecule is Cc1ccccc1CN1CCCCC(NC(=O)Nc2cccc([N+](=O)[O-])c2)C1=O. The van der Waals surface area contributed by atoms with Crippen LogP contribution in [0.25, 0.3) is 0 Å². The molecule has 3 amide bonds. The van der Waals surface area contributed by atoms with Gasteiger partial charge in [-0.15, -0.1) is 0 Å². The molecule has 2 aromatic rings. The van der Waals surface area contributed by atoms with E-state index in [9.17, 15) is 19.7 Å². The summed E-state index contributed by atoms with van der Waals surface area (Å²) in [6, 6.07) is 12.4. The number of carbonyl (C=O) groups is 2. The molecular formula is C21H24N4O4. The third-order valence-corrected chi connectivity index (χ3v) is 5.02. The Morgan fingerprint density at radius 2 is 2.00 bits per heavy atom. The van der Waals surface area contributed by atoms with Crippen LogP contribution in [0.4, 0.5) is 16.2 Å². The van der Waals surface area contributed by atoms with Gasteiger partial charge in [0, 0.05) is 30.9 Å². The normalized spacial score (nSPS) is 16.8. The number of hydrogen-bond acceptors (Lipinski definition) is 4. The van der Waals surface area contributed by atoms with Crippen LogP contribution >= 0.6 is 0 Å². The van der Waals surface area contributed by atoms with Crippen molar-refractivity contribution in [2.24, 2.45) is 0 Å². The molecule has 1 fully saturated rings. The van der Waals surface area contributed by atoms with Gasteiger partial charge < -0.3 is 15.5 Å². The zero-order chi connectivity index (χ0) is 20.8. The molecule has 152 valence electrons. The zero-order valence-corrected chi connectivity index (χ0v) is 16.3. The van der Waals surface area contributed by atoms with Crippen molar-refractivity contribution >= 4 is 23.3 Å². The zero-order valence-electron chi connectivity index (χ0n) is 16.3. The van der Waals surface area contributed by atoms with Gasteiger partial charge in [0.05, 0.1) is 4.92 Å². The topological polar surface area (TPSA) is 105 Å². The molecule has 8 nitrogen and oxygen atoms in total. The number of benzene rings is 2. The van der Waals surface area contributed by atoms with Gasteiger partial charge in [0.15, 0.2) is 0 Å². The molecule has 2 N–H and O–H groups in total. The minimum Gasteiger partial charge on any atom is -0.337 e. The van der Waals surface area contributed by atoms with Crippen LogP contribution in [-0.2, 0) is 11.3 Å². The highest BCUT2D eigenvalue weighted by Crippen LogP contribution is 2.19. The van der Waals surface area contributed by atoms with Crippen molar-refractivity contribution < 1.29 is 14.5 Å². The van der Waals surface area contributed by atoms with Gasteiger partial charge in [-0.25, -0.2) is 4.79 Å². The van der Waals surface area contributed by atoms with E-state index in [1.807, 2.05) is 31.2 Å². The summed E-state index contributed by atoms with van der Waals surface area (Å²) < 4.78 is 0. The average molecular weight is 396 g/mol. The average Bonchev–Trinajstić information content (AvgIpc) is 2.86. The van der Waals surface area contributed by atoms with Crippen LogP contribution < -0.4 is 10.6 Å². The van der Waals surface area contributed by atoms with Crippen LogP contribution in [0.3, 0.4) is 0 Å². The van der Waals surface area contributed by atoms with Gasteiger partial charge in [0.1, 0.15) is 6.04 Å². The Kier molecular flexibility index (Phi) is 6.43. The fourth-order valence-corrected chi connectivity index (χ4v) is 3.41. The summed E-state index contributed by atoms with van der Waals surface area (Å²) in [7, 11) is 0. The number of non-ortho nitro benzene ring substituents is 1. The van der Waals surface area contributed by atoms with E-state index in [1.54, 1.807) is 11.0 Å². The third kappa shape index (κ3) is 5.31. The lowest BCUT2D eigenvalue weighted by molar-refractivity contribution is -0.384. The predicted octanol–water partition coefficient (Wildman–Crippen LogP) is 3.61. The largest absolute Gasteiger partial charge is 0.337 e. The monoisotopic (exact) mass is 396 g/mol. The molecule has 2 aromatic carbocycles. The quantitative estimate of drug-likeness (QED) is 0.595. The first-order valence-corrected chi connectivity index (χ1v) is 9.59. The fourth-order valence-electron chi connectivity index (χ4n) is 3.41. The number of hydrogen-bond donors (Lipinski definition) is 2. The van der Waals surface area contributed by atoms with Crippen molar-refractivity contribution in [1.29, 1.82) is 0 Å². The van der Waals surface area contributed by atoms with Crippen LogP contribution in [0.1, 0.15) is 30.4 Å². The summed E-state index contributed by atoms with van der Waals surface area (Å²) >= 11 is 0. The number of carbonyl (C=O) groups excluding carboxylic acids is 2. The van der Waals surface area contributed by atoms with Crippen molar-refractivity contribution in [3.63, 3.8) is 0 Å². The highest BCUT2D eigenvalue weighted by Gasteiger charge is 2.28. The lowest BCUT2D eigenvalue weighted by atomic mass is 10.1. The highest BCUT2D eigenvalue weighted by molar-refractivity contribution is 5.94. The number of nitrogens with zero attached hydrogens (tertiary/aromatic N) is 2. The number of aryl methyl sites for hydroxylation is 1. The standard InChI is InChI=1S/C21H24N4O4/c1-15-7-2-3-8-16(15)14-24-12-5-4-11-19(20(24)26)23-21(27)22-17-9-6-10-18(13-17)25(28)29/h2-3,6-10,13,19H,4-5,11-12,14H2,1H3,(H2,22,23,27). The minimum atomic E-state index is -0.625. The Morgan fingerprint density at radius 1 is 1.21 bits per heavy atom. The van der Waals surface area contributed by atoms with Crippen LogP contribution in [0.2, 0.25) is 0 Å². The number of anilines is 1. The molecule has 0 saturated carbocycles. The van der Waals surface area contributed by atoms with Crippen LogP contribution in [0, 0.1) is 17.0 Å². The molecule has 1 aliphatic heterocycles. The summed E-state index contributed by atoms with van der Waals surface area (Å²) in [4.78, 5) is 37.5. The van der Waals surface area contributed by atoms with Crippen LogP contribution in [-0.4, -0.2) is 34.3 Å². The Labute approximate surface area is 169 Å². The number of likely N-dealkylation sites (tertiary alicyclic amines) is 1. The van der Waals surface area contributed by atoms with Crippen molar-refractivity contribution in [3.05, 3.63) is 69.8 Å². The molecule has 0 aromatic heterocycles. The van der Waals surface area contributed by atoms with Gasteiger partial charge in [-0.05, 0) is 43.4 Å². The van der Waals surface area contributed by atoms with Gasteiger partial charge in [0.25, 0.3) is 5.69 Å². The molecule has 1 saturated heterocycles. The van der Waals surface area contributed by atoms with E-state index in [2.05, 4.69) is 10.6 Å². The Morgan fingerprint density at radius 3 is 2.76 bits per heavy atom. The van der Waals surface area contributed by atoms with E-state index >= 15 is 0 Å². The summed E-state index contributed by atoms with van der Waals surface area (Å²) in [5.41, 5.74) is 2.40. The Balaban J connectivity index is 1.65. The summed E-state index contributed by atoms with van der Waals surface area (Å²) in [5, 5.41) is 16.2. The van der Waals surface area contributed by atoms with E-state index in [4.69, 9.17) is 0 Å². The molecule has 0 aliphatic carbocycles. The minimum absolute atomic E-state index is 0.111. The van der Waals surface area contributed by atoms with Crippen molar-refractivity contribution in [2.75, 3.05) is 11.9 Å². The molecule has 8 heteroatoms. The number of nitrogens with one attached hydrogen (secondary N) is 2. The predicted molar refractivity (Wildman–Crippen MR) is 109 cm³/mol. The van der Waals surface area contributed by atoms with E-state index in [1.165, 1.54) is 18.2 Å². The molecule has 1 atom stereocenters. The smallest absolute Gasteiger partial charge is 0.319 e. The van der Waals surface area contributed by atoms with Gasteiger partial charge in [-0.3, -0.25) is 14.9 Å². The lowest BCUT2D eigenvalue weighted by Gasteiger charge is -2.25. The molecule has 1 aliphatic rings. The summed E-state index contributed by atoms with van der Waals surface area (Å²) in [6.45, 7) is 3.17. The van der Waals surface area contributed by atoms with Gasteiger partial charge in [0.2, 0.25) is 5.91 Å². The van der Waals surface area contributed by atoms with Gasteiger partial charge in [-0.1, -0.05) is 30.3 Å². The van der Waals surface area contributed by atoms with Crippen molar-refractivity contribution in [1.82, 2.24) is 10.2 Å². The highest BCUT2D eigenvalue weighted by atomic mass is 16.6. The first-order chi connectivity index (χ1) is 13.9. The summed E-state index contributed by atoms with van der Waals surface area (Å²) in [6.07, 6.45) is 2.27. The number of rotatable bonds is 5. The van der Waals surface area contributed by atoms with Gasteiger partial charge in [-0.2, -0.15) is 0 Å². The molecule has 29 heavy (non-hydrogen) atoms. The van der Waals surface area contributed by atoms with Crippen molar-refractivity contribution in [2.45, 2.75) is 38.8 Å². The Hall–Kier alpha value is -3.42. The molecule has 0 bridgehead atoms. The second-order valence-corrected chi connectivity index (χ2v) is 7.14. The molecular weight excluding hydrogens is 372 g/mol. The van der Waals surface area contributed by atoms with Gasteiger partial charge >= 0.3 is 6.03 Å². The number of amides is 3. The summed E-state index contributed by atoms with van der Waals surface area (Å²) in [5.74, 6) is -0.111. The van der Waals surface area contributed by atoms with E-state index in [0.29, 0.717) is 25.2 Å². The lowest BCUT2D eigenvalue weighted by Crippen LogP contribution is -2.48. The van der Waals surface area contributed by atoms with Crippen molar-refractivity contribution in [3.8, 4) is 0 Å². The number of urea groups is 1. The maximum absolute atomic E-state index is 13.0. The second kappa shape index (κ2) is 9.18. The van der Waals surface area contributed by atoms with E-state index in [0.717, 1.165) is 24.0 Å². The first kappa shape index (κ1) is 20.3. The molecule has 1 heterocycles. The third-order valence-electron chi connectivity index (χ3n) is 5.02. The fraction of sp³-hybridized carbons (Fsp3) is 0.333. The molecule has 1 unspecified atom stereocenters.